The van der Waals surface area contributed by atoms with Gasteiger partial charge in [-0.25, -0.2) is 4.79 Å². The highest BCUT2D eigenvalue weighted by Crippen LogP contribution is 2.23. The predicted octanol–water partition coefficient (Wildman–Crippen LogP) is 3.52. The van der Waals surface area contributed by atoms with Gasteiger partial charge in [-0.1, -0.05) is 25.1 Å². The van der Waals surface area contributed by atoms with Crippen molar-refractivity contribution < 1.29 is 9.53 Å². The highest BCUT2D eigenvalue weighted by molar-refractivity contribution is 5.69. The van der Waals surface area contributed by atoms with E-state index < -0.39 is 5.60 Å². The summed E-state index contributed by atoms with van der Waals surface area (Å²) in [5.74, 6) is 0. The van der Waals surface area contributed by atoms with Gasteiger partial charge < -0.3 is 14.5 Å². The Hall–Kier alpha value is -1.71. The fourth-order valence-electron chi connectivity index (χ4n) is 2.66. The number of amides is 1. The molecule has 4 heteroatoms. The predicted molar refractivity (Wildman–Crippen MR) is 85.7 cm³/mol. The highest BCUT2D eigenvalue weighted by Gasteiger charge is 2.31. The molecule has 1 atom stereocenters. The van der Waals surface area contributed by atoms with Gasteiger partial charge in [0.05, 0.1) is 0 Å². The van der Waals surface area contributed by atoms with Crippen LogP contribution in [0.4, 0.5) is 10.5 Å². The number of para-hydroxylation sites is 1. The van der Waals surface area contributed by atoms with E-state index in [-0.39, 0.29) is 6.09 Å². The number of ether oxygens (including phenoxy) is 1. The van der Waals surface area contributed by atoms with E-state index in [1.807, 2.05) is 31.7 Å². The molecule has 2 rings (SSSR count). The number of carbonyl (C=O) groups excluding carboxylic acids is 1. The van der Waals surface area contributed by atoms with Crippen LogP contribution in [0.5, 0.6) is 0 Å². The van der Waals surface area contributed by atoms with Gasteiger partial charge in [-0.2, -0.15) is 0 Å². The first-order chi connectivity index (χ1) is 9.90. The summed E-state index contributed by atoms with van der Waals surface area (Å²) in [5, 5.41) is 0. The van der Waals surface area contributed by atoms with Crippen LogP contribution in [-0.2, 0) is 4.74 Å². The summed E-state index contributed by atoms with van der Waals surface area (Å²) in [6.07, 6.45) is 0.808. The lowest BCUT2D eigenvalue weighted by Crippen LogP contribution is -2.55. The standard InChI is InChI=1S/C17H26N2O2/c1-5-14-13-18(16(20)21-17(2,3)4)11-12-19(14)15-9-7-6-8-10-15/h6-10,14H,5,11-13H2,1-4H3/t14-/m1/s1. The van der Waals surface area contributed by atoms with Crippen molar-refractivity contribution in [3.05, 3.63) is 30.3 Å². The second-order valence-electron chi connectivity index (χ2n) is 6.52. The average molecular weight is 290 g/mol. The van der Waals surface area contributed by atoms with E-state index in [9.17, 15) is 4.79 Å². The second-order valence-corrected chi connectivity index (χ2v) is 6.52. The fourth-order valence-corrected chi connectivity index (χ4v) is 2.66. The molecule has 1 amide bonds. The van der Waals surface area contributed by atoms with Gasteiger partial charge >= 0.3 is 6.09 Å². The van der Waals surface area contributed by atoms with E-state index >= 15 is 0 Å². The summed E-state index contributed by atoms with van der Waals surface area (Å²) in [4.78, 5) is 16.4. The van der Waals surface area contributed by atoms with E-state index in [1.54, 1.807) is 0 Å². The van der Waals surface area contributed by atoms with E-state index in [2.05, 4.69) is 36.1 Å². The molecule has 116 valence electrons. The number of rotatable bonds is 2. The molecule has 1 aliphatic rings. The molecule has 0 bridgehead atoms. The Kier molecular flexibility index (Phi) is 4.76. The van der Waals surface area contributed by atoms with Crippen molar-refractivity contribution >= 4 is 11.8 Å². The van der Waals surface area contributed by atoms with Crippen LogP contribution < -0.4 is 4.90 Å². The van der Waals surface area contributed by atoms with Crippen LogP contribution in [0.1, 0.15) is 34.1 Å². The van der Waals surface area contributed by atoms with Crippen LogP contribution in [-0.4, -0.2) is 42.3 Å². The minimum Gasteiger partial charge on any atom is -0.444 e. The Morgan fingerprint density at radius 3 is 2.48 bits per heavy atom. The Bertz CT molecular complexity index is 467. The number of hydrogen-bond acceptors (Lipinski definition) is 3. The maximum absolute atomic E-state index is 12.2. The summed E-state index contributed by atoms with van der Waals surface area (Å²) < 4.78 is 5.48. The molecular weight excluding hydrogens is 264 g/mol. The summed E-state index contributed by atoms with van der Waals surface area (Å²) in [7, 11) is 0. The third kappa shape index (κ3) is 4.13. The van der Waals surface area contributed by atoms with Crippen molar-refractivity contribution in [2.45, 2.75) is 45.8 Å². The lowest BCUT2D eigenvalue weighted by molar-refractivity contribution is 0.0213. The Labute approximate surface area is 127 Å². The van der Waals surface area contributed by atoms with Crippen molar-refractivity contribution in [3.63, 3.8) is 0 Å². The zero-order chi connectivity index (χ0) is 15.5. The molecule has 1 fully saturated rings. The molecule has 4 nitrogen and oxygen atoms in total. The Morgan fingerprint density at radius 2 is 1.90 bits per heavy atom. The molecule has 0 radical (unpaired) electrons. The monoisotopic (exact) mass is 290 g/mol. The van der Waals surface area contributed by atoms with Crippen molar-refractivity contribution in [1.29, 1.82) is 0 Å². The molecular formula is C17H26N2O2. The highest BCUT2D eigenvalue weighted by atomic mass is 16.6. The summed E-state index contributed by atoms with van der Waals surface area (Å²) in [6, 6.07) is 10.7. The molecule has 1 aromatic rings. The van der Waals surface area contributed by atoms with Crippen molar-refractivity contribution in [2.75, 3.05) is 24.5 Å². The topological polar surface area (TPSA) is 32.8 Å². The molecule has 0 saturated carbocycles. The van der Waals surface area contributed by atoms with Gasteiger partial charge in [-0.05, 0) is 39.3 Å². The first-order valence-electron chi connectivity index (χ1n) is 7.70. The molecule has 1 aliphatic heterocycles. The SMILES string of the molecule is CC[C@@H]1CN(C(=O)OC(C)(C)C)CCN1c1ccccc1. The van der Waals surface area contributed by atoms with Gasteiger partial charge in [0.25, 0.3) is 0 Å². The van der Waals surface area contributed by atoms with Gasteiger partial charge in [0.2, 0.25) is 0 Å². The lowest BCUT2D eigenvalue weighted by atomic mass is 10.1. The van der Waals surface area contributed by atoms with Gasteiger partial charge in [-0.15, -0.1) is 0 Å². The zero-order valence-electron chi connectivity index (χ0n) is 13.5. The Morgan fingerprint density at radius 1 is 1.24 bits per heavy atom. The first kappa shape index (κ1) is 15.7. The fraction of sp³-hybridized carbons (Fsp3) is 0.588. The van der Waals surface area contributed by atoms with Gasteiger partial charge in [0.1, 0.15) is 5.60 Å². The van der Waals surface area contributed by atoms with Gasteiger partial charge in [0.15, 0.2) is 0 Å². The van der Waals surface area contributed by atoms with E-state index in [1.165, 1.54) is 5.69 Å². The third-order valence-electron chi connectivity index (χ3n) is 3.69. The number of hydrogen-bond donors (Lipinski definition) is 0. The van der Waals surface area contributed by atoms with Crippen LogP contribution in [0, 0.1) is 0 Å². The minimum absolute atomic E-state index is 0.200. The van der Waals surface area contributed by atoms with Crippen LogP contribution in [0.25, 0.3) is 0 Å². The van der Waals surface area contributed by atoms with Gasteiger partial charge in [-0.3, -0.25) is 0 Å². The molecule has 21 heavy (non-hydrogen) atoms. The normalized spacial score (nSPS) is 19.5. The third-order valence-corrected chi connectivity index (χ3v) is 3.69. The zero-order valence-corrected chi connectivity index (χ0v) is 13.5. The van der Waals surface area contributed by atoms with E-state index in [4.69, 9.17) is 4.74 Å². The number of nitrogens with zero attached hydrogens (tertiary/aromatic N) is 2. The molecule has 0 aliphatic carbocycles. The van der Waals surface area contributed by atoms with Crippen molar-refractivity contribution in [1.82, 2.24) is 4.90 Å². The van der Waals surface area contributed by atoms with Crippen LogP contribution in [0.3, 0.4) is 0 Å². The number of piperazine rings is 1. The van der Waals surface area contributed by atoms with Crippen LogP contribution in [0.2, 0.25) is 0 Å². The van der Waals surface area contributed by atoms with E-state index in [0.29, 0.717) is 12.6 Å². The molecule has 1 aromatic carbocycles. The number of anilines is 1. The molecule has 1 heterocycles. The molecule has 0 spiro atoms. The summed E-state index contributed by atoms with van der Waals surface area (Å²) >= 11 is 0. The maximum Gasteiger partial charge on any atom is 0.410 e. The first-order valence-corrected chi connectivity index (χ1v) is 7.70. The van der Waals surface area contributed by atoms with Gasteiger partial charge in [0, 0.05) is 31.4 Å². The number of carbonyl (C=O) groups is 1. The van der Waals surface area contributed by atoms with Crippen LogP contribution in [0.15, 0.2) is 30.3 Å². The largest absolute Gasteiger partial charge is 0.444 e. The average Bonchev–Trinajstić information content (AvgIpc) is 2.45. The number of benzene rings is 1. The molecule has 0 aromatic heterocycles. The quantitative estimate of drug-likeness (QED) is 0.835. The van der Waals surface area contributed by atoms with Crippen molar-refractivity contribution in [3.8, 4) is 0 Å². The Balaban J connectivity index is 2.03. The smallest absolute Gasteiger partial charge is 0.410 e. The lowest BCUT2D eigenvalue weighted by Gasteiger charge is -2.42. The van der Waals surface area contributed by atoms with Crippen LogP contribution >= 0.6 is 0 Å². The minimum atomic E-state index is -0.435. The second kappa shape index (κ2) is 6.37. The maximum atomic E-state index is 12.2. The molecule has 0 N–H and O–H groups in total. The molecule has 0 unspecified atom stereocenters. The summed E-state index contributed by atoms with van der Waals surface area (Å²) in [5.41, 5.74) is 0.795. The van der Waals surface area contributed by atoms with Crippen molar-refractivity contribution in [2.24, 2.45) is 0 Å². The summed E-state index contributed by atoms with van der Waals surface area (Å²) in [6.45, 7) is 10.2. The molecule has 1 saturated heterocycles. The van der Waals surface area contributed by atoms with E-state index in [0.717, 1.165) is 19.5 Å².